The van der Waals surface area contributed by atoms with E-state index in [0.29, 0.717) is 12.8 Å². The summed E-state index contributed by atoms with van der Waals surface area (Å²) in [6, 6.07) is 0. The largest absolute Gasteiger partial charge is 0.396 e. The van der Waals surface area contributed by atoms with Crippen LogP contribution in [0.15, 0.2) is 12.7 Å². The van der Waals surface area contributed by atoms with Gasteiger partial charge < -0.3 is 10.2 Å². The van der Waals surface area contributed by atoms with Gasteiger partial charge in [0.1, 0.15) is 0 Å². The molecule has 0 fully saturated rings. The Balaban J connectivity index is 4.21. The van der Waals surface area contributed by atoms with Crippen molar-refractivity contribution in [3.63, 3.8) is 0 Å². The maximum atomic E-state index is 8.94. The molecule has 0 heterocycles. The van der Waals surface area contributed by atoms with Gasteiger partial charge in [-0.15, -0.1) is 18.9 Å². The minimum Gasteiger partial charge on any atom is -0.396 e. The molecule has 0 unspecified atom stereocenters. The number of aliphatic hydroxyl groups excluding tert-OH is 2. The first kappa shape index (κ1) is 10.2. The SMILES string of the molecule is C#CCC(CO)(CO)CC=C. The molecule has 0 aliphatic rings. The molecule has 0 aliphatic heterocycles. The Morgan fingerprint density at radius 1 is 1.45 bits per heavy atom. The lowest BCUT2D eigenvalue weighted by molar-refractivity contribution is 0.0611. The summed E-state index contributed by atoms with van der Waals surface area (Å²) in [6.45, 7) is 3.34. The van der Waals surface area contributed by atoms with Crippen molar-refractivity contribution in [3.8, 4) is 12.3 Å². The number of rotatable bonds is 5. The molecule has 0 radical (unpaired) electrons. The summed E-state index contributed by atoms with van der Waals surface area (Å²) in [5.74, 6) is 2.43. The third kappa shape index (κ3) is 2.75. The molecule has 0 spiro atoms. The van der Waals surface area contributed by atoms with Gasteiger partial charge >= 0.3 is 0 Å². The Morgan fingerprint density at radius 2 is 2.00 bits per heavy atom. The molecule has 0 amide bonds. The Hall–Kier alpha value is -0.780. The van der Waals surface area contributed by atoms with E-state index in [1.54, 1.807) is 6.08 Å². The van der Waals surface area contributed by atoms with Gasteiger partial charge in [-0.05, 0) is 6.42 Å². The van der Waals surface area contributed by atoms with Crippen LogP contribution in [-0.4, -0.2) is 23.4 Å². The highest BCUT2D eigenvalue weighted by molar-refractivity contribution is 4.97. The molecule has 0 aliphatic carbocycles. The van der Waals surface area contributed by atoms with Crippen molar-refractivity contribution in [1.29, 1.82) is 0 Å². The molecular formula is C9H14O2. The Labute approximate surface area is 67.6 Å². The molecule has 2 nitrogen and oxygen atoms in total. The Morgan fingerprint density at radius 3 is 2.27 bits per heavy atom. The summed E-state index contributed by atoms with van der Waals surface area (Å²) >= 11 is 0. The minimum atomic E-state index is -0.559. The zero-order chi connectivity index (χ0) is 8.74. The molecule has 2 N–H and O–H groups in total. The quantitative estimate of drug-likeness (QED) is 0.448. The van der Waals surface area contributed by atoms with Crippen molar-refractivity contribution in [2.45, 2.75) is 12.8 Å². The van der Waals surface area contributed by atoms with Gasteiger partial charge in [0.25, 0.3) is 0 Å². The predicted octanol–water partition coefficient (Wildman–Crippen LogP) is 0.557. The number of allylic oxidation sites excluding steroid dienone is 1. The summed E-state index contributed by atoms with van der Waals surface area (Å²) in [7, 11) is 0. The van der Waals surface area contributed by atoms with Gasteiger partial charge in [0, 0.05) is 11.8 Å². The maximum Gasteiger partial charge on any atom is 0.0521 e. The number of terminal acetylenes is 1. The van der Waals surface area contributed by atoms with Gasteiger partial charge in [-0.25, -0.2) is 0 Å². The van der Waals surface area contributed by atoms with E-state index in [-0.39, 0.29) is 13.2 Å². The Kier molecular flexibility index (Phi) is 4.60. The van der Waals surface area contributed by atoms with Gasteiger partial charge in [-0.2, -0.15) is 0 Å². The van der Waals surface area contributed by atoms with Crippen molar-refractivity contribution in [3.05, 3.63) is 12.7 Å². The molecule has 11 heavy (non-hydrogen) atoms. The van der Waals surface area contributed by atoms with Crippen molar-refractivity contribution in [2.75, 3.05) is 13.2 Å². The van der Waals surface area contributed by atoms with Crippen LogP contribution in [-0.2, 0) is 0 Å². The van der Waals surface area contributed by atoms with Crippen LogP contribution in [0.1, 0.15) is 12.8 Å². The molecule has 0 aromatic carbocycles. The zero-order valence-electron chi connectivity index (χ0n) is 6.58. The first-order valence-electron chi connectivity index (χ1n) is 3.51. The van der Waals surface area contributed by atoms with Crippen molar-refractivity contribution < 1.29 is 10.2 Å². The standard InChI is InChI=1S/C9H14O2/c1-3-5-9(7-10,8-11)6-4-2/h1,4,10-11H,2,5-8H2. The third-order valence-electron chi connectivity index (χ3n) is 1.73. The fourth-order valence-electron chi connectivity index (χ4n) is 0.886. The van der Waals surface area contributed by atoms with E-state index in [1.807, 2.05) is 0 Å². The minimum absolute atomic E-state index is 0.0975. The molecular weight excluding hydrogens is 140 g/mol. The lowest BCUT2D eigenvalue weighted by atomic mass is 9.83. The van der Waals surface area contributed by atoms with E-state index in [0.717, 1.165) is 0 Å². The molecule has 0 bridgehead atoms. The molecule has 0 rings (SSSR count). The highest BCUT2D eigenvalue weighted by Crippen LogP contribution is 2.24. The second-order valence-corrected chi connectivity index (χ2v) is 2.69. The van der Waals surface area contributed by atoms with Gasteiger partial charge in [0.05, 0.1) is 13.2 Å². The lowest BCUT2D eigenvalue weighted by Crippen LogP contribution is -2.28. The normalized spacial score (nSPS) is 10.6. The number of hydrogen-bond donors (Lipinski definition) is 2. The van der Waals surface area contributed by atoms with E-state index in [1.165, 1.54) is 0 Å². The number of aliphatic hydroxyl groups is 2. The van der Waals surface area contributed by atoms with E-state index in [9.17, 15) is 0 Å². The molecule has 0 saturated carbocycles. The maximum absolute atomic E-state index is 8.94. The van der Waals surface area contributed by atoms with Crippen LogP contribution >= 0.6 is 0 Å². The van der Waals surface area contributed by atoms with Crippen LogP contribution in [0, 0.1) is 17.8 Å². The molecule has 0 saturated heterocycles. The van der Waals surface area contributed by atoms with E-state index in [4.69, 9.17) is 16.6 Å². The molecule has 0 atom stereocenters. The fourth-order valence-corrected chi connectivity index (χ4v) is 0.886. The summed E-state index contributed by atoms with van der Waals surface area (Å²) in [5.41, 5.74) is -0.559. The first-order valence-corrected chi connectivity index (χ1v) is 3.51. The molecule has 0 aromatic heterocycles. The summed E-state index contributed by atoms with van der Waals surface area (Å²) < 4.78 is 0. The Bertz CT molecular complexity index is 151. The molecule has 2 heteroatoms. The molecule has 62 valence electrons. The average Bonchev–Trinajstić information content (AvgIpc) is 2.04. The predicted molar refractivity (Wildman–Crippen MR) is 44.9 cm³/mol. The monoisotopic (exact) mass is 154 g/mol. The van der Waals surface area contributed by atoms with Crippen molar-refractivity contribution in [2.24, 2.45) is 5.41 Å². The van der Waals surface area contributed by atoms with Crippen LogP contribution in [0.4, 0.5) is 0 Å². The van der Waals surface area contributed by atoms with Crippen LogP contribution in [0.3, 0.4) is 0 Å². The van der Waals surface area contributed by atoms with Crippen LogP contribution < -0.4 is 0 Å². The number of hydrogen-bond acceptors (Lipinski definition) is 2. The average molecular weight is 154 g/mol. The molecule has 0 aromatic rings. The van der Waals surface area contributed by atoms with E-state index < -0.39 is 5.41 Å². The van der Waals surface area contributed by atoms with Gasteiger partial charge in [-0.1, -0.05) is 6.08 Å². The van der Waals surface area contributed by atoms with Crippen LogP contribution in [0.5, 0.6) is 0 Å². The van der Waals surface area contributed by atoms with Gasteiger partial charge in [0.2, 0.25) is 0 Å². The smallest absolute Gasteiger partial charge is 0.0521 e. The van der Waals surface area contributed by atoms with Crippen LogP contribution in [0.25, 0.3) is 0 Å². The highest BCUT2D eigenvalue weighted by atomic mass is 16.3. The van der Waals surface area contributed by atoms with Crippen molar-refractivity contribution >= 4 is 0 Å². The van der Waals surface area contributed by atoms with E-state index >= 15 is 0 Å². The first-order chi connectivity index (χ1) is 5.24. The van der Waals surface area contributed by atoms with E-state index in [2.05, 4.69) is 12.5 Å². The third-order valence-corrected chi connectivity index (χ3v) is 1.73. The topological polar surface area (TPSA) is 40.5 Å². The van der Waals surface area contributed by atoms with Crippen molar-refractivity contribution in [1.82, 2.24) is 0 Å². The lowest BCUT2D eigenvalue weighted by Gasteiger charge is -2.25. The zero-order valence-corrected chi connectivity index (χ0v) is 6.58. The highest BCUT2D eigenvalue weighted by Gasteiger charge is 2.25. The summed E-state index contributed by atoms with van der Waals surface area (Å²) in [4.78, 5) is 0. The second kappa shape index (κ2) is 4.95. The fraction of sp³-hybridized carbons (Fsp3) is 0.556. The van der Waals surface area contributed by atoms with Gasteiger partial charge in [0.15, 0.2) is 0 Å². The van der Waals surface area contributed by atoms with Crippen LogP contribution in [0.2, 0.25) is 0 Å². The summed E-state index contributed by atoms with van der Waals surface area (Å²) in [6.07, 6.45) is 7.67. The second-order valence-electron chi connectivity index (χ2n) is 2.69. The summed E-state index contributed by atoms with van der Waals surface area (Å²) in [5, 5.41) is 17.9. The van der Waals surface area contributed by atoms with Gasteiger partial charge in [-0.3, -0.25) is 0 Å².